The maximum absolute atomic E-state index is 12.6. The first-order chi connectivity index (χ1) is 13.7. The van der Waals surface area contributed by atoms with Crippen molar-refractivity contribution in [2.24, 2.45) is 0 Å². The number of anilines is 2. The zero-order valence-corrected chi connectivity index (χ0v) is 17.7. The normalized spacial score (nSPS) is 12.4. The highest BCUT2D eigenvalue weighted by molar-refractivity contribution is 7.90. The van der Waals surface area contributed by atoms with Gasteiger partial charge in [0.15, 0.2) is 9.84 Å². The smallest absolute Gasteiger partial charge is 0.241 e. The Morgan fingerprint density at radius 1 is 0.966 bits per heavy atom. The predicted octanol–water partition coefficient (Wildman–Crippen LogP) is 2.77. The minimum Gasteiger partial charge on any atom is -0.325 e. The van der Waals surface area contributed by atoms with E-state index >= 15 is 0 Å². The molecule has 0 fully saturated rings. The van der Waals surface area contributed by atoms with Crippen LogP contribution in [-0.4, -0.2) is 50.5 Å². The van der Waals surface area contributed by atoms with Gasteiger partial charge in [0.05, 0.1) is 17.5 Å². The van der Waals surface area contributed by atoms with Gasteiger partial charge >= 0.3 is 0 Å². The highest BCUT2D eigenvalue weighted by Crippen LogP contribution is 2.14. The summed E-state index contributed by atoms with van der Waals surface area (Å²) in [6, 6.07) is 14.7. The predicted molar refractivity (Wildman–Crippen MR) is 115 cm³/mol. The quantitative estimate of drug-likeness (QED) is 0.654. The van der Waals surface area contributed by atoms with Gasteiger partial charge in [0, 0.05) is 17.6 Å². The first-order valence-electron chi connectivity index (χ1n) is 9.40. The van der Waals surface area contributed by atoms with Gasteiger partial charge in [-0.1, -0.05) is 25.1 Å². The van der Waals surface area contributed by atoms with Crippen LogP contribution < -0.4 is 10.6 Å². The lowest BCUT2D eigenvalue weighted by Gasteiger charge is -2.27. The Morgan fingerprint density at radius 2 is 1.55 bits per heavy atom. The molecule has 0 aliphatic rings. The second-order valence-corrected chi connectivity index (χ2v) is 8.86. The Hall–Kier alpha value is -2.71. The van der Waals surface area contributed by atoms with Crippen LogP contribution in [0.1, 0.15) is 20.3 Å². The van der Waals surface area contributed by atoms with Crippen molar-refractivity contribution in [3.05, 3.63) is 54.6 Å². The summed E-state index contributed by atoms with van der Waals surface area (Å²) in [4.78, 5) is 27.0. The van der Waals surface area contributed by atoms with E-state index < -0.39 is 15.9 Å². The van der Waals surface area contributed by atoms with Gasteiger partial charge < -0.3 is 10.6 Å². The van der Waals surface area contributed by atoms with Gasteiger partial charge in [0.1, 0.15) is 0 Å². The van der Waals surface area contributed by atoms with Crippen LogP contribution in [0.25, 0.3) is 0 Å². The average molecular weight is 418 g/mol. The number of para-hydroxylation sites is 1. The molecule has 7 nitrogen and oxygen atoms in total. The van der Waals surface area contributed by atoms with Gasteiger partial charge in [-0.3, -0.25) is 14.5 Å². The molecule has 0 aliphatic carbocycles. The van der Waals surface area contributed by atoms with E-state index in [1.807, 2.05) is 37.3 Å². The van der Waals surface area contributed by atoms with Gasteiger partial charge in [0.25, 0.3) is 0 Å². The van der Waals surface area contributed by atoms with Gasteiger partial charge in [-0.25, -0.2) is 8.42 Å². The monoisotopic (exact) mass is 417 g/mol. The van der Waals surface area contributed by atoms with Crippen LogP contribution in [0.3, 0.4) is 0 Å². The van der Waals surface area contributed by atoms with Crippen LogP contribution in [0.4, 0.5) is 11.4 Å². The molecule has 2 amide bonds. The summed E-state index contributed by atoms with van der Waals surface area (Å²) in [5.41, 5.74) is 1.21. The van der Waals surface area contributed by atoms with E-state index in [4.69, 9.17) is 0 Å². The molecular weight excluding hydrogens is 390 g/mol. The lowest BCUT2D eigenvalue weighted by atomic mass is 10.2. The molecule has 2 aromatic rings. The van der Waals surface area contributed by atoms with Crippen LogP contribution in [-0.2, 0) is 19.4 Å². The first-order valence-corrected chi connectivity index (χ1v) is 11.3. The number of carbonyl (C=O) groups is 2. The van der Waals surface area contributed by atoms with Crippen molar-refractivity contribution in [2.75, 3.05) is 30.0 Å². The number of hydrogen-bond donors (Lipinski definition) is 2. The lowest BCUT2D eigenvalue weighted by Crippen LogP contribution is -2.46. The standard InChI is InChI=1S/C21H27N3O4S/c1-4-14-24(16(2)21(26)23-17-8-6-5-7-9-17)15-20(25)22-18-10-12-19(13-11-18)29(3,27)28/h5-13,16H,4,14-15H2,1-3H3,(H,22,25)(H,23,26). The average Bonchev–Trinajstić information content (AvgIpc) is 2.67. The number of nitrogens with zero attached hydrogens (tertiary/aromatic N) is 1. The molecule has 0 aromatic heterocycles. The molecule has 1 unspecified atom stereocenters. The van der Waals surface area contributed by atoms with E-state index in [1.54, 1.807) is 24.0 Å². The molecule has 0 spiro atoms. The zero-order valence-electron chi connectivity index (χ0n) is 16.9. The van der Waals surface area contributed by atoms with Crippen molar-refractivity contribution in [3.63, 3.8) is 0 Å². The molecule has 29 heavy (non-hydrogen) atoms. The molecule has 156 valence electrons. The SMILES string of the molecule is CCCN(CC(=O)Nc1ccc(S(C)(=O)=O)cc1)C(C)C(=O)Nc1ccccc1. The molecule has 0 heterocycles. The maximum Gasteiger partial charge on any atom is 0.241 e. The summed E-state index contributed by atoms with van der Waals surface area (Å²) < 4.78 is 23.0. The minimum atomic E-state index is -3.29. The molecule has 0 bridgehead atoms. The number of nitrogens with one attached hydrogen (secondary N) is 2. The van der Waals surface area contributed by atoms with Crippen molar-refractivity contribution in [1.82, 2.24) is 4.90 Å². The van der Waals surface area contributed by atoms with Crippen LogP contribution in [0.5, 0.6) is 0 Å². The molecule has 0 saturated carbocycles. The summed E-state index contributed by atoms with van der Waals surface area (Å²) >= 11 is 0. The molecule has 0 aliphatic heterocycles. The Labute approximate surface area is 172 Å². The third-order valence-electron chi connectivity index (χ3n) is 4.39. The fraction of sp³-hybridized carbons (Fsp3) is 0.333. The number of amides is 2. The second-order valence-electron chi connectivity index (χ2n) is 6.85. The van der Waals surface area contributed by atoms with Crippen LogP contribution in [0.2, 0.25) is 0 Å². The van der Waals surface area contributed by atoms with Crippen LogP contribution in [0, 0.1) is 0 Å². The number of rotatable bonds is 9. The Bertz CT molecular complexity index is 928. The Kier molecular flexibility index (Phi) is 7.92. The van der Waals surface area contributed by atoms with Gasteiger partial charge in [0.2, 0.25) is 11.8 Å². The van der Waals surface area contributed by atoms with Gasteiger partial charge in [-0.2, -0.15) is 0 Å². The summed E-state index contributed by atoms with van der Waals surface area (Å²) in [6.07, 6.45) is 1.92. The molecule has 2 aromatic carbocycles. The Morgan fingerprint density at radius 3 is 2.10 bits per heavy atom. The minimum absolute atomic E-state index is 0.0467. The van der Waals surface area contributed by atoms with E-state index in [-0.39, 0.29) is 23.3 Å². The van der Waals surface area contributed by atoms with Gasteiger partial charge in [-0.15, -0.1) is 0 Å². The van der Waals surface area contributed by atoms with Gasteiger partial charge in [-0.05, 0) is 56.3 Å². The van der Waals surface area contributed by atoms with Crippen molar-refractivity contribution in [2.45, 2.75) is 31.2 Å². The van der Waals surface area contributed by atoms with Crippen molar-refractivity contribution >= 4 is 33.0 Å². The number of hydrogen-bond acceptors (Lipinski definition) is 5. The fourth-order valence-electron chi connectivity index (χ4n) is 2.80. The number of benzene rings is 2. The summed E-state index contributed by atoms with van der Waals surface area (Å²) in [5.74, 6) is -0.458. The molecular formula is C21H27N3O4S. The molecule has 2 rings (SSSR count). The van der Waals surface area contributed by atoms with E-state index in [9.17, 15) is 18.0 Å². The van der Waals surface area contributed by atoms with Crippen molar-refractivity contribution in [3.8, 4) is 0 Å². The van der Waals surface area contributed by atoms with E-state index in [0.717, 1.165) is 12.7 Å². The molecule has 2 N–H and O–H groups in total. The highest BCUT2D eigenvalue weighted by atomic mass is 32.2. The summed E-state index contributed by atoms with van der Waals surface area (Å²) in [6.45, 7) is 4.38. The maximum atomic E-state index is 12.6. The third kappa shape index (κ3) is 6.99. The van der Waals surface area contributed by atoms with E-state index in [0.29, 0.717) is 17.9 Å². The van der Waals surface area contributed by atoms with Crippen LogP contribution >= 0.6 is 0 Å². The largest absolute Gasteiger partial charge is 0.325 e. The second kappa shape index (κ2) is 10.2. The van der Waals surface area contributed by atoms with Crippen LogP contribution in [0.15, 0.2) is 59.5 Å². The fourth-order valence-corrected chi connectivity index (χ4v) is 3.43. The van der Waals surface area contributed by atoms with Crippen molar-refractivity contribution in [1.29, 1.82) is 0 Å². The first kappa shape index (κ1) is 22.6. The molecule has 0 saturated heterocycles. The molecule has 0 radical (unpaired) electrons. The summed E-state index contributed by atoms with van der Waals surface area (Å²) in [7, 11) is -3.29. The zero-order chi connectivity index (χ0) is 21.4. The number of carbonyl (C=O) groups excluding carboxylic acids is 2. The highest BCUT2D eigenvalue weighted by Gasteiger charge is 2.23. The topological polar surface area (TPSA) is 95.6 Å². The Balaban J connectivity index is 1.99. The van der Waals surface area contributed by atoms with E-state index in [1.165, 1.54) is 12.1 Å². The number of sulfone groups is 1. The summed E-state index contributed by atoms with van der Waals surface area (Å²) in [5, 5.41) is 5.60. The lowest BCUT2D eigenvalue weighted by molar-refractivity contribution is -0.123. The van der Waals surface area contributed by atoms with Crippen molar-refractivity contribution < 1.29 is 18.0 Å². The molecule has 1 atom stereocenters. The van der Waals surface area contributed by atoms with E-state index in [2.05, 4.69) is 10.6 Å². The third-order valence-corrected chi connectivity index (χ3v) is 5.52. The molecule has 8 heteroatoms.